The van der Waals surface area contributed by atoms with Gasteiger partial charge in [0.2, 0.25) is 0 Å². The van der Waals surface area contributed by atoms with Gasteiger partial charge in [-0.05, 0) is 23.8 Å². The second kappa shape index (κ2) is 4.59. The van der Waals surface area contributed by atoms with Gasteiger partial charge in [-0.3, -0.25) is 0 Å². The summed E-state index contributed by atoms with van der Waals surface area (Å²) in [6, 6.07) is 12.9. The van der Waals surface area contributed by atoms with Crippen LogP contribution in [0, 0.1) is 0 Å². The fraction of sp³-hybridized carbons (Fsp3) is 0.286. The Morgan fingerprint density at radius 3 is 3.00 bits per heavy atom. The van der Waals surface area contributed by atoms with Crippen molar-refractivity contribution < 1.29 is 0 Å². The molecule has 2 N–H and O–H groups in total. The maximum absolute atomic E-state index is 5.74. The molecule has 2 heterocycles. The van der Waals surface area contributed by atoms with E-state index >= 15 is 0 Å². The predicted octanol–water partition coefficient (Wildman–Crippen LogP) is 2.84. The summed E-state index contributed by atoms with van der Waals surface area (Å²) in [6.45, 7) is 1.66. The second-order valence-corrected chi connectivity index (χ2v) is 5.46. The molecular weight excluding hydrogens is 228 g/mol. The maximum atomic E-state index is 5.74. The number of aromatic nitrogens is 1. The van der Waals surface area contributed by atoms with Crippen LogP contribution in [0.25, 0.3) is 0 Å². The first kappa shape index (κ1) is 10.9. The second-order valence-electron chi connectivity index (χ2n) is 4.40. The standard InChI is InChI=1S/C14H16N2S/c15-8-12-4-3-7-16(12)9-11-10-17-14-6-2-1-5-13(11)14/h1-7,11H,8-10,15H2. The molecule has 17 heavy (non-hydrogen) atoms. The fourth-order valence-corrected chi connectivity index (χ4v) is 3.67. The van der Waals surface area contributed by atoms with Gasteiger partial charge in [-0.25, -0.2) is 0 Å². The lowest BCUT2D eigenvalue weighted by atomic mass is 10.0. The molecule has 0 fully saturated rings. The summed E-state index contributed by atoms with van der Waals surface area (Å²) >= 11 is 1.97. The van der Waals surface area contributed by atoms with Crippen LogP contribution < -0.4 is 5.73 Å². The summed E-state index contributed by atoms with van der Waals surface area (Å²) < 4.78 is 2.29. The van der Waals surface area contributed by atoms with Crippen molar-refractivity contribution in [1.82, 2.24) is 4.57 Å². The van der Waals surface area contributed by atoms with E-state index in [-0.39, 0.29) is 0 Å². The fourth-order valence-electron chi connectivity index (χ4n) is 2.43. The Balaban J connectivity index is 1.84. The molecule has 3 rings (SSSR count). The van der Waals surface area contributed by atoms with E-state index in [0.717, 1.165) is 6.54 Å². The molecule has 2 aromatic rings. The zero-order valence-electron chi connectivity index (χ0n) is 9.67. The highest BCUT2D eigenvalue weighted by atomic mass is 32.2. The topological polar surface area (TPSA) is 30.9 Å². The normalized spacial score (nSPS) is 18.3. The molecule has 0 saturated carbocycles. The Morgan fingerprint density at radius 1 is 1.24 bits per heavy atom. The van der Waals surface area contributed by atoms with Gasteiger partial charge in [0.05, 0.1) is 0 Å². The van der Waals surface area contributed by atoms with Crippen LogP contribution in [0.2, 0.25) is 0 Å². The quantitative estimate of drug-likeness (QED) is 0.900. The minimum Gasteiger partial charge on any atom is -0.350 e. The third kappa shape index (κ3) is 2.01. The van der Waals surface area contributed by atoms with Crippen LogP contribution >= 0.6 is 11.8 Å². The van der Waals surface area contributed by atoms with Crippen LogP contribution in [-0.4, -0.2) is 10.3 Å². The summed E-state index contributed by atoms with van der Waals surface area (Å²) in [5.41, 5.74) is 8.45. The van der Waals surface area contributed by atoms with Gasteiger partial charge in [-0.2, -0.15) is 0 Å². The van der Waals surface area contributed by atoms with Gasteiger partial charge < -0.3 is 10.3 Å². The molecular formula is C14H16N2S. The average molecular weight is 244 g/mol. The first-order valence-electron chi connectivity index (χ1n) is 5.94. The summed E-state index contributed by atoms with van der Waals surface area (Å²) in [4.78, 5) is 1.44. The Morgan fingerprint density at radius 2 is 2.12 bits per heavy atom. The van der Waals surface area contributed by atoms with Gasteiger partial charge in [0.1, 0.15) is 0 Å². The number of rotatable bonds is 3. The van der Waals surface area contributed by atoms with E-state index in [4.69, 9.17) is 5.73 Å². The molecule has 1 atom stereocenters. The monoisotopic (exact) mass is 244 g/mol. The van der Waals surface area contributed by atoms with Crippen molar-refractivity contribution in [3.05, 3.63) is 53.9 Å². The molecule has 2 nitrogen and oxygen atoms in total. The SMILES string of the molecule is NCc1cccn1CC1CSc2ccccc21. The summed E-state index contributed by atoms with van der Waals surface area (Å²) in [6.07, 6.45) is 2.13. The predicted molar refractivity (Wildman–Crippen MR) is 72.2 cm³/mol. The Bertz CT molecular complexity index is 518. The highest BCUT2D eigenvalue weighted by Crippen LogP contribution is 2.40. The van der Waals surface area contributed by atoms with Crippen LogP contribution in [0.3, 0.4) is 0 Å². The minimum absolute atomic E-state index is 0.619. The highest BCUT2D eigenvalue weighted by molar-refractivity contribution is 7.99. The van der Waals surface area contributed by atoms with E-state index in [1.807, 2.05) is 11.8 Å². The van der Waals surface area contributed by atoms with Crippen molar-refractivity contribution in [2.75, 3.05) is 5.75 Å². The smallest absolute Gasteiger partial charge is 0.0334 e. The van der Waals surface area contributed by atoms with Crippen LogP contribution in [-0.2, 0) is 13.1 Å². The number of thioether (sulfide) groups is 1. The number of hydrogen-bond donors (Lipinski definition) is 1. The molecule has 0 bridgehead atoms. The van der Waals surface area contributed by atoms with Crippen LogP contribution in [0.5, 0.6) is 0 Å². The van der Waals surface area contributed by atoms with E-state index in [9.17, 15) is 0 Å². The van der Waals surface area contributed by atoms with E-state index in [1.54, 1.807) is 0 Å². The van der Waals surface area contributed by atoms with E-state index in [2.05, 4.69) is 47.2 Å². The first-order chi connectivity index (χ1) is 8.38. The van der Waals surface area contributed by atoms with Gasteiger partial charge in [0.15, 0.2) is 0 Å². The van der Waals surface area contributed by atoms with Gasteiger partial charge in [-0.15, -0.1) is 11.8 Å². The van der Waals surface area contributed by atoms with Crippen molar-refractivity contribution in [2.45, 2.75) is 23.9 Å². The van der Waals surface area contributed by atoms with Crippen LogP contribution in [0.1, 0.15) is 17.2 Å². The Kier molecular flexibility index (Phi) is 2.95. The largest absolute Gasteiger partial charge is 0.350 e. The van der Waals surface area contributed by atoms with E-state index in [1.165, 1.54) is 21.9 Å². The lowest BCUT2D eigenvalue weighted by Gasteiger charge is -2.14. The zero-order valence-corrected chi connectivity index (χ0v) is 10.5. The third-order valence-electron chi connectivity index (χ3n) is 3.35. The van der Waals surface area contributed by atoms with E-state index in [0.29, 0.717) is 12.5 Å². The number of nitrogens with two attached hydrogens (primary N) is 1. The average Bonchev–Trinajstić information content (AvgIpc) is 2.97. The summed E-state index contributed by atoms with van der Waals surface area (Å²) in [7, 11) is 0. The maximum Gasteiger partial charge on any atom is 0.0334 e. The number of fused-ring (bicyclic) bond motifs is 1. The van der Waals surface area contributed by atoms with Crippen molar-refractivity contribution in [1.29, 1.82) is 0 Å². The van der Waals surface area contributed by atoms with E-state index < -0.39 is 0 Å². The van der Waals surface area contributed by atoms with Crippen molar-refractivity contribution in [2.24, 2.45) is 5.73 Å². The van der Waals surface area contributed by atoms with Crippen molar-refractivity contribution >= 4 is 11.8 Å². The summed E-state index contributed by atoms with van der Waals surface area (Å²) in [5.74, 6) is 1.80. The molecule has 1 aliphatic heterocycles. The molecule has 0 radical (unpaired) electrons. The molecule has 0 saturated heterocycles. The van der Waals surface area contributed by atoms with Gasteiger partial charge >= 0.3 is 0 Å². The molecule has 1 aromatic heterocycles. The Hall–Kier alpha value is -1.19. The van der Waals surface area contributed by atoms with Crippen LogP contribution in [0.15, 0.2) is 47.5 Å². The third-order valence-corrected chi connectivity index (χ3v) is 4.60. The summed E-state index contributed by atoms with van der Waals surface area (Å²) in [5, 5.41) is 0. The zero-order chi connectivity index (χ0) is 11.7. The molecule has 3 heteroatoms. The first-order valence-corrected chi connectivity index (χ1v) is 6.93. The molecule has 1 aromatic carbocycles. The highest BCUT2D eigenvalue weighted by Gasteiger charge is 2.23. The molecule has 1 aliphatic rings. The van der Waals surface area contributed by atoms with Crippen molar-refractivity contribution in [3.8, 4) is 0 Å². The minimum atomic E-state index is 0.619. The van der Waals surface area contributed by atoms with Gasteiger partial charge in [0, 0.05) is 41.5 Å². The van der Waals surface area contributed by atoms with Crippen molar-refractivity contribution in [3.63, 3.8) is 0 Å². The lowest BCUT2D eigenvalue weighted by molar-refractivity contribution is 0.587. The number of benzene rings is 1. The van der Waals surface area contributed by atoms with Gasteiger partial charge in [-0.1, -0.05) is 18.2 Å². The molecule has 0 spiro atoms. The van der Waals surface area contributed by atoms with Crippen LogP contribution in [0.4, 0.5) is 0 Å². The lowest BCUT2D eigenvalue weighted by Crippen LogP contribution is -2.12. The molecule has 0 amide bonds. The molecule has 88 valence electrons. The number of hydrogen-bond acceptors (Lipinski definition) is 2. The molecule has 0 aliphatic carbocycles. The van der Waals surface area contributed by atoms with Gasteiger partial charge in [0.25, 0.3) is 0 Å². The number of nitrogens with zero attached hydrogens (tertiary/aromatic N) is 1. The molecule has 1 unspecified atom stereocenters. The Labute approximate surface area is 106 Å².